The van der Waals surface area contributed by atoms with Crippen LogP contribution < -0.4 is 29.6 Å². The van der Waals surface area contributed by atoms with E-state index in [4.69, 9.17) is 5.11 Å². The minimum absolute atomic E-state index is 0. The first-order valence-corrected chi connectivity index (χ1v) is 5.96. The van der Waals surface area contributed by atoms with E-state index in [1.807, 2.05) is 6.26 Å². The summed E-state index contributed by atoms with van der Waals surface area (Å²) in [7, 11) is -4.49. The number of aliphatic hydroxyl groups excluding tert-OH is 1. The van der Waals surface area contributed by atoms with E-state index < -0.39 is 15.6 Å². The zero-order valence-corrected chi connectivity index (χ0v) is 10.8. The van der Waals surface area contributed by atoms with Gasteiger partial charge in [-0.25, -0.2) is 8.42 Å². The summed E-state index contributed by atoms with van der Waals surface area (Å²) in [5, 5.41) is 8.70. The molecule has 0 fully saturated rings. The van der Waals surface area contributed by atoms with Crippen molar-refractivity contribution in [3.63, 3.8) is 0 Å². The van der Waals surface area contributed by atoms with Gasteiger partial charge in [-0.2, -0.15) is 11.8 Å². The van der Waals surface area contributed by atoms with Crippen molar-refractivity contribution in [3.8, 4) is 0 Å². The summed E-state index contributed by atoms with van der Waals surface area (Å²) in [6.07, 6.45) is 2.45. The van der Waals surface area contributed by atoms with Crippen molar-refractivity contribution in [1.82, 2.24) is 0 Å². The van der Waals surface area contributed by atoms with Gasteiger partial charge in [0, 0.05) is 0 Å². The summed E-state index contributed by atoms with van der Waals surface area (Å²) in [5.74, 6) is 0.757. The zero-order valence-electron chi connectivity index (χ0n) is 7.19. The van der Waals surface area contributed by atoms with Crippen LogP contribution in [-0.4, -0.2) is 35.5 Å². The summed E-state index contributed by atoms with van der Waals surface area (Å²) in [6.45, 7) is 0. The Balaban J connectivity index is 0. The fraction of sp³-hybridized carbons (Fsp3) is 1.00. The van der Waals surface area contributed by atoms with Gasteiger partial charge in [-0.3, -0.25) is 0 Å². The van der Waals surface area contributed by atoms with Gasteiger partial charge >= 0.3 is 29.6 Å². The van der Waals surface area contributed by atoms with Gasteiger partial charge in [0.15, 0.2) is 0 Å². The molecule has 0 saturated carbocycles. The van der Waals surface area contributed by atoms with Gasteiger partial charge in [0.2, 0.25) is 0 Å². The van der Waals surface area contributed by atoms with Crippen LogP contribution in [0.5, 0.6) is 0 Å². The summed E-state index contributed by atoms with van der Waals surface area (Å²) in [5.41, 5.74) is -1.73. The molecule has 0 bridgehead atoms. The third-order valence-electron chi connectivity index (χ3n) is 1.13. The third-order valence-corrected chi connectivity index (χ3v) is 2.73. The van der Waals surface area contributed by atoms with E-state index in [0.717, 1.165) is 5.75 Å². The minimum Gasteiger partial charge on any atom is -0.746 e. The molecule has 12 heavy (non-hydrogen) atoms. The maximum absolute atomic E-state index is 10.1. The second-order valence-corrected chi connectivity index (χ2v) is 4.60. The van der Waals surface area contributed by atoms with Crippen molar-refractivity contribution < 1.29 is 47.6 Å². The second-order valence-electron chi connectivity index (χ2n) is 2.08. The molecule has 0 aliphatic rings. The Morgan fingerprint density at radius 2 is 2.08 bits per heavy atom. The van der Waals surface area contributed by atoms with Crippen LogP contribution in [0.2, 0.25) is 0 Å². The van der Waals surface area contributed by atoms with Crippen molar-refractivity contribution in [2.45, 2.75) is 18.3 Å². The first-order chi connectivity index (χ1) is 4.98. The van der Waals surface area contributed by atoms with Crippen molar-refractivity contribution >= 4 is 21.9 Å². The van der Waals surface area contributed by atoms with Gasteiger partial charge < -0.3 is 9.66 Å². The number of thioether (sulfide) groups is 1. The van der Waals surface area contributed by atoms with Crippen molar-refractivity contribution in [2.75, 3.05) is 12.0 Å². The number of aliphatic hydroxyl groups is 1. The van der Waals surface area contributed by atoms with Crippen LogP contribution in [0, 0.1) is 0 Å². The summed E-state index contributed by atoms with van der Waals surface area (Å²) in [4.78, 5) is 0. The van der Waals surface area contributed by atoms with E-state index in [0.29, 0.717) is 6.42 Å². The van der Waals surface area contributed by atoms with Crippen LogP contribution in [-0.2, 0) is 10.1 Å². The Hall–Kier alpha value is 1.22. The SMILES string of the molecule is CSCCCC(O)S(=O)(=O)[O-].[Na+]. The molecule has 0 amide bonds. The standard InChI is InChI=1S/C5H12O4S2.Na/c1-10-4-2-3-5(6)11(7,8)9;/h5-6H,2-4H2,1H3,(H,7,8,9);/q;+1/p-1. The zero-order chi connectivity index (χ0) is 8.91. The Kier molecular flexibility index (Phi) is 9.94. The Morgan fingerprint density at radius 1 is 1.58 bits per heavy atom. The summed E-state index contributed by atoms with van der Waals surface area (Å²) >= 11 is 1.55. The van der Waals surface area contributed by atoms with Gasteiger partial charge in [-0.1, -0.05) is 0 Å². The molecule has 1 N–H and O–H groups in total. The molecule has 0 spiro atoms. The van der Waals surface area contributed by atoms with Crippen LogP contribution in [0.15, 0.2) is 0 Å². The molecule has 0 aliphatic heterocycles. The summed E-state index contributed by atoms with van der Waals surface area (Å²) in [6, 6.07) is 0. The van der Waals surface area contributed by atoms with E-state index in [1.165, 1.54) is 0 Å². The van der Waals surface area contributed by atoms with Gasteiger partial charge in [0.1, 0.15) is 15.6 Å². The molecule has 68 valence electrons. The number of hydrogen-bond acceptors (Lipinski definition) is 5. The maximum Gasteiger partial charge on any atom is 1.00 e. The molecule has 4 nitrogen and oxygen atoms in total. The largest absolute Gasteiger partial charge is 1.00 e. The fourth-order valence-electron chi connectivity index (χ4n) is 0.547. The normalized spacial score (nSPS) is 13.6. The topological polar surface area (TPSA) is 77.4 Å². The molecule has 0 aromatic carbocycles. The average Bonchev–Trinajstić information content (AvgIpc) is 1.86. The second kappa shape index (κ2) is 7.61. The van der Waals surface area contributed by atoms with E-state index in [9.17, 15) is 13.0 Å². The molecule has 0 aliphatic carbocycles. The first-order valence-electron chi connectivity index (χ1n) is 3.10. The minimum atomic E-state index is -4.49. The molecule has 0 rings (SSSR count). The third kappa shape index (κ3) is 7.85. The smallest absolute Gasteiger partial charge is 0.746 e. The average molecular weight is 222 g/mol. The van der Waals surface area contributed by atoms with E-state index in [1.54, 1.807) is 11.8 Å². The monoisotopic (exact) mass is 222 g/mol. The van der Waals surface area contributed by atoms with Gasteiger partial charge in [0.25, 0.3) is 0 Å². The molecule has 0 aromatic rings. The van der Waals surface area contributed by atoms with Gasteiger partial charge in [-0.05, 0) is 24.9 Å². The maximum atomic E-state index is 10.1. The molecule has 0 saturated heterocycles. The van der Waals surface area contributed by atoms with E-state index >= 15 is 0 Å². The van der Waals surface area contributed by atoms with Crippen LogP contribution >= 0.6 is 11.8 Å². The van der Waals surface area contributed by atoms with Crippen LogP contribution in [0.3, 0.4) is 0 Å². The molecule has 1 atom stereocenters. The van der Waals surface area contributed by atoms with Crippen molar-refractivity contribution in [2.24, 2.45) is 0 Å². The van der Waals surface area contributed by atoms with E-state index in [2.05, 4.69) is 0 Å². The molecular weight excluding hydrogens is 211 g/mol. The Bertz CT molecular complexity index is 192. The molecule has 0 aromatic heterocycles. The number of hydrogen-bond donors (Lipinski definition) is 1. The molecule has 0 heterocycles. The van der Waals surface area contributed by atoms with Crippen LogP contribution in [0.1, 0.15) is 12.8 Å². The van der Waals surface area contributed by atoms with Gasteiger partial charge in [-0.15, -0.1) is 0 Å². The summed E-state index contributed by atoms with van der Waals surface area (Å²) < 4.78 is 30.3. The predicted molar refractivity (Wildman–Crippen MR) is 43.3 cm³/mol. The van der Waals surface area contributed by atoms with Gasteiger partial charge in [0.05, 0.1) is 0 Å². The van der Waals surface area contributed by atoms with E-state index in [-0.39, 0.29) is 36.0 Å². The van der Waals surface area contributed by atoms with Crippen molar-refractivity contribution in [1.29, 1.82) is 0 Å². The quantitative estimate of drug-likeness (QED) is 0.305. The first kappa shape index (κ1) is 15.7. The Labute approximate surface area is 99.2 Å². The van der Waals surface area contributed by atoms with Crippen LogP contribution in [0.4, 0.5) is 0 Å². The molecular formula is C5H11NaO4S2. The van der Waals surface area contributed by atoms with Crippen molar-refractivity contribution in [3.05, 3.63) is 0 Å². The molecule has 0 radical (unpaired) electrons. The molecule has 7 heteroatoms. The number of rotatable bonds is 5. The molecule has 1 unspecified atom stereocenters. The predicted octanol–water partition coefficient (Wildman–Crippen LogP) is -3.00. The fourth-order valence-corrected chi connectivity index (χ4v) is 1.46. The van der Waals surface area contributed by atoms with Crippen LogP contribution in [0.25, 0.3) is 0 Å². The Morgan fingerprint density at radius 3 is 2.42 bits per heavy atom.